The molecule has 0 fully saturated rings. The largest absolute Gasteiger partial charge is 0.207 e. The van der Waals surface area contributed by atoms with Gasteiger partial charge in [0.1, 0.15) is 11.6 Å². The normalized spacial score (nSPS) is 10.4. The predicted octanol–water partition coefficient (Wildman–Crippen LogP) is 4.19. The van der Waals surface area contributed by atoms with E-state index in [1.165, 1.54) is 12.1 Å². The van der Waals surface area contributed by atoms with E-state index >= 15 is 0 Å². The second-order valence-corrected chi connectivity index (χ2v) is 3.64. The van der Waals surface area contributed by atoms with E-state index in [-0.39, 0.29) is 5.56 Å². The van der Waals surface area contributed by atoms with Crippen LogP contribution in [0.25, 0.3) is 11.1 Å². The van der Waals surface area contributed by atoms with Crippen LogP contribution in [0.2, 0.25) is 0 Å². The van der Waals surface area contributed by atoms with Crippen molar-refractivity contribution in [2.45, 2.75) is 13.3 Å². The fourth-order valence-electron chi connectivity index (χ4n) is 1.74. The van der Waals surface area contributed by atoms with Gasteiger partial charge < -0.3 is 0 Å². The fraction of sp³-hybridized carbons (Fsp3) is 0.143. The highest BCUT2D eigenvalue weighted by atomic mass is 19.1. The standard InChI is InChI=1S/C14H12F2/c1-2-12-13(15)8-11(9-14(12)16)10-6-4-3-5-7-10/h3-9H,2H2,1H3. The van der Waals surface area contributed by atoms with E-state index in [1.807, 2.05) is 30.3 Å². The molecule has 0 N–H and O–H groups in total. The molecule has 2 heteroatoms. The number of hydrogen-bond acceptors (Lipinski definition) is 0. The maximum Gasteiger partial charge on any atom is 0.129 e. The Morgan fingerprint density at radius 3 is 1.94 bits per heavy atom. The highest BCUT2D eigenvalue weighted by Crippen LogP contribution is 2.24. The van der Waals surface area contributed by atoms with Crippen LogP contribution < -0.4 is 0 Å². The first-order valence-corrected chi connectivity index (χ1v) is 5.25. The third kappa shape index (κ3) is 1.96. The molecular formula is C14H12F2. The summed E-state index contributed by atoms with van der Waals surface area (Å²) < 4.78 is 27.1. The number of benzene rings is 2. The van der Waals surface area contributed by atoms with Crippen LogP contribution in [-0.2, 0) is 6.42 Å². The number of halogens is 2. The Kier molecular flexibility index (Phi) is 3.00. The van der Waals surface area contributed by atoms with Gasteiger partial charge in [-0.2, -0.15) is 0 Å². The van der Waals surface area contributed by atoms with Crippen LogP contribution in [0.1, 0.15) is 12.5 Å². The summed E-state index contributed by atoms with van der Waals surface area (Å²) in [5, 5.41) is 0. The molecule has 0 saturated heterocycles. The molecule has 0 aromatic heterocycles. The number of hydrogen-bond donors (Lipinski definition) is 0. The summed E-state index contributed by atoms with van der Waals surface area (Å²) in [5.41, 5.74) is 1.55. The van der Waals surface area contributed by atoms with Crippen LogP contribution >= 0.6 is 0 Å². The van der Waals surface area contributed by atoms with Crippen molar-refractivity contribution in [1.29, 1.82) is 0 Å². The zero-order valence-electron chi connectivity index (χ0n) is 9.00. The van der Waals surface area contributed by atoms with Crippen LogP contribution in [0.3, 0.4) is 0 Å². The summed E-state index contributed by atoms with van der Waals surface area (Å²) in [6.07, 6.45) is 0.368. The van der Waals surface area contributed by atoms with Crippen molar-refractivity contribution < 1.29 is 8.78 Å². The minimum Gasteiger partial charge on any atom is -0.207 e. The number of rotatable bonds is 2. The summed E-state index contributed by atoms with van der Waals surface area (Å²) in [4.78, 5) is 0. The van der Waals surface area contributed by atoms with Crippen LogP contribution in [-0.4, -0.2) is 0 Å². The topological polar surface area (TPSA) is 0 Å². The molecule has 0 aliphatic carbocycles. The van der Waals surface area contributed by atoms with Crippen molar-refractivity contribution in [3.05, 3.63) is 59.7 Å². The van der Waals surface area contributed by atoms with E-state index in [0.717, 1.165) is 5.56 Å². The lowest BCUT2D eigenvalue weighted by molar-refractivity contribution is 0.560. The molecule has 2 aromatic rings. The maximum atomic E-state index is 13.6. The van der Waals surface area contributed by atoms with Gasteiger partial charge in [-0.05, 0) is 29.7 Å². The first-order valence-electron chi connectivity index (χ1n) is 5.25. The molecule has 0 radical (unpaired) electrons. The van der Waals surface area contributed by atoms with Gasteiger partial charge in [-0.15, -0.1) is 0 Å². The average molecular weight is 218 g/mol. The summed E-state index contributed by atoms with van der Waals surface area (Å²) >= 11 is 0. The van der Waals surface area contributed by atoms with Crippen molar-refractivity contribution in [3.8, 4) is 11.1 Å². The summed E-state index contributed by atoms with van der Waals surface area (Å²) in [6.45, 7) is 1.74. The molecule has 0 nitrogen and oxygen atoms in total. The van der Waals surface area contributed by atoms with E-state index in [0.29, 0.717) is 12.0 Å². The van der Waals surface area contributed by atoms with E-state index in [9.17, 15) is 8.78 Å². The third-order valence-corrected chi connectivity index (χ3v) is 2.60. The maximum absolute atomic E-state index is 13.6. The van der Waals surface area contributed by atoms with Gasteiger partial charge in [0.15, 0.2) is 0 Å². The van der Waals surface area contributed by atoms with Crippen molar-refractivity contribution in [1.82, 2.24) is 0 Å². The molecule has 0 unspecified atom stereocenters. The van der Waals surface area contributed by atoms with Gasteiger partial charge in [0.25, 0.3) is 0 Å². The molecule has 0 saturated carbocycles. The zero-order chi connectivity index (χ0) is 11.5. The van der Waals surface area contributed by atoms with Crippen LogP contribution in [0.4, 0.5) is 8.78 Å². The van der Waals surface area contributed by atoms with Crippen molar-refractivity contribution in [3.63, 3.8) is 0 Å². The average Bonchev–Trinajstić information content (AvgIpc) is 2.30. The molecule has 0 aliphatic rings. The molecule has 0 spiro atoms. The Bertz CT molecular complexity index is 466. The Morgan fingerprint density at radius 1 is 0.875 bits per heavy atom. The predicted molar refractivity (Wildman–Crippen MR) is 61.2 cm³/mol. The Hall–Kier alpha value is -1.70. The van der Waals surface area contributed by atoms with Crippen LogP contribution in [0.5, 0.6) is 0 Å². The van der Waals surface area contributed by atoms with Crippen LogP contribution in [0.15, 0.2) is 42.5 Å². The quantitative estimate of drug-likeness (QED) is 0.708. The van der Waals surface area contributed by atoms with E-state index in [4.69, 9.17) is 0 Å². The highest BCUT2D eigenvalue weighted by molar-refractivity contribution is 5.63. The van der Waals surface area contributed by atoms with Gasteiger partial charge in [-0.25, -0.2) is 8.78 Å². The molecule has 0 aliphatic heterocycles. The molecule has 2 aromatic carbocycles. The summed E-state index contributed by atoms with van der Waals surface area (Å²) in [6, 6.07) is 12.0. The first kappa shape index (κ1) is 10.8. The van der Waals surface area contributed by atoms with Gasteiger partial charge in [0, 0.05) is 5.56 Å². The van der Waals surface area contributed by atoms with Gasteiger partial charge in [-0.3, -0.25) is 0 Å². The second kappa shape index (κ2) is 4.44. The Morgan fingerprint density at radius 2 is 1.44 bits per heavy atom. The van der Waals surface area contributed by atoms with E-state index in [2.05, 4.69) is 0 Å². The third-order valence-electron chi connectivity index (χ3n) is 2.60. The van der Waals surface area contributed by atoms with Gasteiger partial charge in [0.05, 0.1) is 0 Å². The van der Waals surface area contributed by atoms with Gasteiger partial charge in [-0.1, -0.05) is 37.3 Å². The van der Waals surface area contributed by atoms with Crippen molar-refractivity contribution >= 4 is 0 Å². The first-order chi connectivity index (χ1) is 7.72. The second-order valence-electron chi connectivity index (χ2n) is 3.64. The molecule has 0 amide bonds. The molecule has 0 atom stereocenters. The molecule has 0 bridgehead atoms. The SMILES string of the molecule is CCc1c(F)cc(-c2ccccc2)cc1F. The van der Waals surface area contributed by atoms with E-state index in [1.54, 1.807) is 6.92 Å². The van der Waals surface area contributed by atoms with E-state index < -0.39 is 11.6 Å². The zero-order valence-corrected chi connectivity index (χ0v) is 9.00. The molecule has 82 valence electrons. The summed E-state index contributed by atoms with van der Waals surface area (Å²) in [7, 11) is 0. The molecule has 0 heterocycles. The smallest absolute Gasteiger partial charge is 0.129 e. The summed E-state index contributed by atoms with van der Waals surface area (Å²) in [5.74, 6) is -0.942. The monoisotopic (exact) mass is 218 g/mol. The minimum absolute atomic E-state index is 0.152. The lowest BCUT2D eigenvalue weighted by Crippen LogP contribution is -1.94. The van der Waals surface area contributed by atoms with Gasteiger partial charge in [0.2, 0.25) is 0 Å². The van der Waals surface area contributed by atoms with Gasteiger partial charge >= 0.3 is 0 Å². The minimum atomic E-state index is -0.471. The molecule has 2 rings (SSSR count). The highest BCUT2D eigenvalue weighted by Gasteiger charge is 2.09. The Balaban J connectivity index is 2.53. The fourth-order valence-corrected chi connectivity index (χ4v) is 1.74. The lowest BCUT2D eigenvalue weighted by Gasteiger charge is -2.06. The Labute approximate surface area is 93.5 Å². The molecular weight excluding hydrogens is 206 g/mol. The van der Waals surface area contributed by atoms with Crippen molar-refractivity contribution in [2.24, 2.45) is 0 Å². The van der Waals surface area contributed by atoms with Crippen LogP contribution in [0, 0.1) is 11.6 Å². The lowest BCUT2D eigenvalue weighted by atomic mass is 10.0. The van der Waals surface area contributed by atoms with Crippen molar-refractivity contribution in [2.75, 3.05) is 0 Å². The molecule has 16 heavy (non-hydrogen) atoms.